The Morgan fingerprint density at radius 2 is 2.03 bits per heavy atom. The second-order valence-corrected chi connectivity index (χ2v) is 9.43. The average Bonchev–Trinajstić information content (AvgIpc) is 3.44. The van der Waals surface area contributed by atoms with Gasteiger partial charge in [-0.1, -0.05) is 17.3 Å². The topological polar surface area (TPSA) is 130 Å². The molecule has 0 radical (unpaired) electrons. The smallest absolute Gasteiger partial charge is 0.276 e. The summed E-state index contributed by atoms with van der Waals surface area (Å²) in [7, 11) is 1.76. The molecule has 1 N–H and O–H groups in total. The lowest BCUT2D eigenvalue weighted by Crippen LogP contribution is -2.52. The minimum absolute atomic E-state index is 0.199. The van der Waals surface area contributed by atoms with Crippen molar-refractivity contribution in [2.24, 2.45) is 0 Å². The number of piperidine rings is 1. The van der Waals surface area contributed by atoms with Crippen LogP contribution in [-0.4, -0.2) is 66.5 Å². The normalized spacial score (nSPS) is 20.2. The predicted octanol–water partition coefficient (Wildman–Crippen LogP) is 1.18. The van der Waals surface area contributed by atoms with Gasteiger partial charge in [0.05, 0.1) is 17.4 Å². The molecule has 1 aromatic carbocycles. The van der Waals surface area contributed by atoms with Gasteiger partial charge < -0.3 is 9.80 Å². The number of nitrogens with zero attached hydrogens (tertiary/aromatic N) is 6. The number of carbonyl (C=O) groups is 4. The third-order valence-corrected chi connectivity index (χ3v) is 7.36. The van der Waals surface area contributed by atoms with Crippen LogP contribution in [0.1, 0.15) is 57.7 Å². The first-order chi connectivity index (χ1) is 17.4. The fourth-order valence-corrected chi connectivity index (χ4v) is 5.11. The van der Waals surface area contributed by atoms with Gasteiger partial charge in [0.2, 0.25) is 11.8 Å². The lowest BCUT2D eigenvalue weighted by Gasteiger charge is -2.29. The minimum Gasteiger partial charge on any atom is -0.330 e. The molecule has 11 nitrogen and oxygen atoms in total. The summed E-state index contributed by atoms with van der Waals surface area (Å²) in [5, 5.41) is 10.5. The lowest BCUT2D eigenvalue weighted by atomic mass is 10.0. The molecule has 1 atom stereocenters. The Morgan fingerprint density at radius 1 is 1.19 bits per heavy atom. The van der Waals surface area contributed by atoms with Crippen molar-refractivity contribution in [2.75, 3.05) is 7.05 Å². The summed E-state index contributed by atoms with van der Waals surface area (Å²) >= 11 is 0. The number of fused-ring (bicyclic) bond motifs is 1. The number of benzene rings is 1. The van der Waals surface area contributed by atoms with E-state index in [9.17, 15) is 19.2 Å². The Hall–Kier alpha value is -4.41. The van der Waals surface area contributed by atoms with E-state index in [-0.39, 0.29) is 35.4 Å². The van der Waals surface area contributed by atoms with Gasteiger partial charge in [0.25, 0.3) is 11.8 Å². The van der Waals surface area contributed by atoms with E-state index in [1.807, 2.05) is 18.2 Å². The van der Waals surface area contributed by atoms with Crippen LogP contribution in [0.2, 0.25) is 0 Å². The Bertz CT molecular complexity index is 1410. The Morgan fingerprint density at radius 3 is 2.75 bits per heavy atom. The van der Waals surface area contributed by atoms with Crippen molar-refractivity contribution >= 4 is 23.6 Å². The highest BCUT2D eigenvalue weighted by Crippen LogP contribution is 2.50. The summed E-state index contributed by atoms with van der Waals surface area (Å²) in [5.74, 6) is -1.29. The molecule has 36 heavy (non-hydrogen) atoms. The number of nitrogens with one attached hydrogen (secondary N) is 1. The van der Waals surface area contributed by atoms with Crippen LogP contribution in [-0.2, 0) is 21.7 Å². The molecule has 1 unspecified atom stereocenters. The number of hydrogen-bond donors (Lipinski definition) is 1. The molecule has 1 saturated heterocycles. The second kappa shape index (κ2) is 8.08. The average molecular weight is 486 g/mol. The Kier molecular flexibility index (Phi) is 4.95. The van der Waals surface area contributed by atoms with Crippen LogP contribution >= 0.6 is 0 Å². The van der Waals surface area contributed by atoms with E-state index < -0.39 is 11.9 Å². The van der Waals surface area contributed by atoms with Crippen molar-refractivity contribution in [1.82, 2.24) is 35.1 Å². The lowest BCUT2D eigenvalue weighted by molar-refractivity contribution is -0.136. The van der Waals surface area contributed by atoms with Crippen LogP contribution in [0.3, 0.4) is 0 Å². The maximum absolute atomic E-state index is 13.2. The van der Waals surface area contributed by atoms with Crippen molar-refractivity contribution in [2.45, 2.75) is 43.8 Å². The maximum Gasteiger partial charge on any atom is 0.276 e. The molecule has 182 valence electrons. The first-order valence-corrected chi connectivity index (χ1v) is 11.8. The van der Waals surface area contributed by atoms with Gasteiger partial charge in [0, 0.05) is 38.0 Å². The molecule has 0 bridgehead atoms. The Labute approximate surface area is 206 Å². The van der Waals surface area contributed by atoms with E-state index >= 15 is 0 Å². The highest BCUT2D eigenvalue weighted by Gasteiger charge is 2.50. The van der Waals surface area contributed by atoms with Crippen molar-refractivity contribution in [3.8, 4) is 5.69 Å². The molecule has 2 aliphatic heterocycles. The zero-order valence-corrected chi connectivity index (χ0v) is 19.5. The molecule has 1 saturated carbocycles. The van der Waals surface area contributed by atoms with E-state index in [1.54, 1.807) is 42.7 Å². The quantitative estimate of drug-likeness (QED) is 0.537. The summed E-state index contributed by atoms with van der Waals surface area (Å²) in [6.45, 7) is 0.295. The molecular weight excluding hydrogens is 462 g/mol. The van der Waals surface area contributed by atoms with Crippen molar-refractivity contribution in [3.05, 3.63) is 71.3 Å². The van der Waals surface area contributed by atoms with E-state index in [4.69, 9.17) is 0 Å². The number of pyridine rings is 1. The largest absolute Gasteiger partial charge is 0.330 e. The molecule has 1 aliphatic carbocycles. The summed E-state index contributed by atoms with van der Waals surface area (Å²) in [6.07, 6.45) is 7.26. The van der Waals surface area contributed by atoms with Crippen LogP contribution < -0.4 is 5.32 Å². The van der Waals surface area contributed by atoms with Gasteiger partial charge in [0.1, 0.15) is 6.04 Å². The number of amides is 4. The molecule has 6 rings (SSSR count). The van der Waals surface area contributed by atoms with E-state index in [0.29, 0.717) is 24.2 Å². The number of imide groups is 1. The fourth-order valence-electron chi connectivity index (χ4n) is 5.11. The van der Waals surface area contributed by atoms with Gasteiger partial charge in [0.15, 0.2) is 5.69 Å². The van der Waals surface area contributed by atoms with Gasteiger partial charge in [-0.2, -0.15) is 0 Å². The van der Waals surface area contributed by atoms with Crippen molar-refractivity contribution in [1.29, 1.82) is 0 Å². The Balaban J connectivity index is 1.21. The minimum atomic E-state index is -0.674. The van der Waals surface area contributed by atoms with Crippen LogP contribution in [0.4, 0.5) is 0 Å². The molecule has 2 fully saturated rings. The molecule has 11 heteroatoms. The monoisotopic (exact) mass is 485 g/mol. The second-order valence-electron chi connectivity index (χ2n) is 9.43. The number of rotatable bonds is 5. The van der Waals surface area contributed by atoms with Crippen LogP contribution in [0, 0.1) is 0 Å². The van der Waals surface area contributed by atoms with E-state index in [0.717, 1.165) is 24.0 Å². The highest BCUT2D eigenvalue weighted by molar-refractivity contribution is 6.05. The van der Waals surface area contributed by atoms with Gasteiger partial charge in [-0.3, -0.25) is 29.5 Å². The van der Waals surface area contributed by atoms with Gasteiger partial charge >= 0.3 is 0 Å². The molecule has 0 spiro atoms. The third-order valence-electron chi connectivity index (χ3n) is 7.36. The van der Waals surface area contributed by atoms with Crippen molar-refractivity contribution in [3.63, 3.8) is 0 Å². The van der Waals surface area contributed by atoms with Crippen molar-refractivity contribution < 1.29 is 19.2 Å². The predicted molar refractivity (Wildman–Crippen MR) is 125 cm³/mol. The highest BCUT2D eigenvalue weighted by atomic mass is 16.2. The summed E-state index contributed by atoms with van der Waals surface area (Å²) in [5.41, 5.74) is 2.64. The molecule has 4 heterocycles. The maximum atomic E-state index is 13.2. The molecule has 4 amide bonds. The first-order valence-electron chi connectivity index (χ1n) is 11.8. The first kappa shape index (κ1) is 22.1. The number of aromatic nitrogens is 4. The summed E-state index contributed by atoms with van der Waals surface area (Å²) in [6, 6.07) is 8.46. The van der Waals surface area contributed by atoms with Crippen LogP contribution in [0.5, 0.6) is 0 Å². The fraction of sp³-hybridized carbons (Fsp3) is 0.320. The van der Waals surface area contributed by atoms with Crippen LogP contribution in [0.15, 0.2) is 48.9 Å². The van der Waals surface area contributed by atoms with E-state index in [1.165, 1.54) is 9.58 Å². The summed E-state index contributed by atoms with van der Waals surface area (Å²) in [4.78, 5) is 57.5. The zero-order chi connectivity index (χ0) is 25.0. The standard InChI is InChI=1S/C25H23N7O4/c1-30(25(8-9-25)16-3-2-10-26-12-16)24(36)19-14-32(29-28-19)17-5-4-15-13-31(23(35)18(15)11-17)20-6-7-21(33)27-22(20)34/h2-5,10-12,14,20H,6-9,13H2,1H3,(H,27,33,34). The van der Waals surface area contributed by atoms with Gasteiger partial charge in [-0.25, -0.2) is 4.68 Å². The molecule has 2 aromatic heterocycles. The molecule has 3 aliphatic rings. The SMILES string of the molecule is CN(C(=O)c1cn(-c2ccc3c(c2)C(=O)N(C2CCC(=O)NC2=O)C3)nn1)C1(c2cccnc2)CC1. The molecule has 3 aromatic rings. The molecular formula is C25H23N7O4. The zero-order valence-electron chi connectivity index (χ0n) is 19.5. The van der Waals surface area contributed by atoms with Gasteiger partial charge in [-0.15, -0.1) is 5.10 Å². The number of carbonyl (C=O) groups excluding carboxylic acids is 4. The number of hydrogen-bond acceptors (Lipinski definition) is 7. The van der Waals surface area contributed by atoms with Gasteiger partial charge in [-0.05, 0) is 48.6 Å². The van der Waals surface area contributed by atoms with E-state index in [2.05, 4.69) is 20.6 Å². The third kappa shape index (κ3) is 3.46. The van der Waals surface area contributed by atoms with Crippen LogP contribution in [0.25, 0.3) is 5.69 Å². The summed E-state index contributed by atoms with van der Waals surface area (Å²) < 4.78 is 1.47.